The summed E-state index contributed by atoms with van der Waals surface area (Å²) >= 11 is 1.73. The Labute approximate surface area is 118 Å². The largest absolute Gasteiger partial charge is 0.444 e. The first-order chi connectivity index (χ1) is 8.65. The van der Waals surface area contributed by atoms with Gasteiger partial charge in [-0.1, -0.05) is 0 Å². The van der Waals surface area contributed by atoms with E-state index in [1.165, 1.54) is 0 Å². The maximum Gasteiger partial charge on any atom is 0.410 e. The minimum atomic E-state index is -0.853. The monoisotopic (exact) mass is 288 g/mol. The van der Waals surface area contributed by atoms with Crippen LogP contribution in [0.5, 0.6) is 0 Å². The van der Waals surface area contributed by atoms with E-state index >= 15 is 0 Å². The van der Waals surface area contributed by atoms with Crippen molar-refractivity contribution in [1.29, 1.82) is 0 Å². The molecule has 0 bridgehead atoms. The molecular weight excluding hydrogens is 264 g/mol. The molecule has 1 amide bonds. The summed E-state index contributed by atoms with van der Waals surface area (Å²) in [5.41, 5.74) is 4.26. The number of nitrogens with zero attached hydrogens (tertiary/aromatic N) is 1. The molecule has 2 rings (SSSR count). The fourth-order valence-corrected chi connectivity index (χ4v) is 3.82. The van der Waals surface area contributed by atoms with Gasteiger partial charge >= 0.3 is 6.09 Å². The predicted molar refractivity (Wildman–Crippen MR) is 76.2 cm³/mol. The third-order valence-corrected chi connectivity index (χ3v) is 5.00. The number of carbonyl (C=O) groups excluding carboxylic acids is 1. The number of ether oxygens (including phenoxy) is 1. The Bertz CT molecular complexity index is 355. The number of aliphatic hydroxyl groups is 1. The van der Waals surface area contributed by atoms with E-state index in [9.17, 15) is 9.90 Å². The molecule has 3 N–H and O–H groups in total. The van der Waals surface area contributed by atoms with Crippen molar-refractivity contribution in [3.05, 3.63) is 0 Å². The van der Waals surface area contributed by atoms with Crippen molar-refractivity contribution in [2.24, 2.45) is 5.73 Å². The summed E-state index contributed by atoms with van der Waals surface area (Å²) in [4.78, 5) is 13.4. The van der Waals surface area contributed by atoms with Crippen molar-refractivity contribution in [3.63, 3.8) is 0 Å². The summed E-state index contributed by atoms with van der Waals surface area (Å²) in [6.07, 6.45) is 1.35. The van der Waals surface area contributed by atoms with Crippen LogP contribution < -0.4 is 5.73 Å². The molecule has 5 nitrogen and oxygen atoms in total. The summed E-state index contributed by atoms with van der Waals surface area (Å²) in [6, 6.07) is 0. The van der Waals surface area contributed by atoms with Crippen molar-refractivity contribution in [1.82, 2.24) is 4.90 Å². The first-order valence-corrected chi connectivity index (χ1v) is 7.88. The highest BCUT2D eigenvalue weighted by Crippen LogP contribution is 2.39. The van der Waals surface area contributed by atoms with E-state index in [0.29, 0.717) is 18.8 Å². The Morgan fingerprint density at radius 1 is 1.42 bits per heavy atom. The average Bonchev–Trinajstić information content (AvgIpc) is 2.23. The molecule has 0 radical (unpaired) electrons. The number of hydrogen-bond donors (Lipinski definition) is 2. The maximum atomic E-state index is 11.9. The Balaban J connectivity index is 1.92. The number of nitrogens with two attached hydrogens (primary N) is 1. The highest BCUT2D eigenvalue weighted by Gasteiger charge is 2.57. The van der Waals surface area contributed by atoms with Crippen molar-refractivity contribution < 1.29 is 14.6 Å². The van der Waals surface area contributed by atoms with Gasteiger partial charge in [-0.2, -0.15) is 11.8 Å². The van der Waals surface area contributed by atoms with Gasteiger partial charge in [0.15, 0.2) is 0 Å². The highest BCUT2D eigenvalue weighted by atomic mass is 32.2. The van der Waals surface area contributed by atoms with Gasteiger partial charge in [-0.05, 0) is 39.4 Å². The van der Waals surface area contributed by atoms with E-state index in [1.807, 2.05) is 20.8 Å². The first-order valence-electron chi connectivity index (χ1n) is 6.72. The molecule has 2 aliphatic heterocycles. The van der Waals surface area contributed by atoms with Crippen molar-refractivity contribution >= 4 is 17.9 Å². The van der Waals surface area contributed by atoms with Gasteiger partial charge < -0.3 is 20.5 Å². The third-order valence-electron chi connectivity index (χ3n) is 3.74. The zero-order valence-electron chi connectivity index (χ0n) is 11.9. The standard InChI is InChI=1S/C13H24N2O3S/c1-11(2,3)18-10(16)15-7-12(14,8-15)13(17)5-4-6-19-9-13/h17H,4-9,14H2,1-3H3. The topological polar surface area (TPSA) is 75.8 Å². The van der Waals surface area contributed by atoms with Crippen molar-refractivity contribution in [2.45, 2.75) is 50.4 Å². The molecule has 0 saturated carbocycles. The lowest BCUT2D eigenvalue weighted by molar-refractivity contribution is -0.0974. The van der Waals surface area contributed by atoms with Crippen LogP contribution in [0.4, 0.5) is 4.79 Å². The van der Waals surface area contributed by atoms with E-state index in [4.69, 9.17) is 10.5 Å². The maximum absolute atomic E-state index is 11.9. The summed E-state index contributed by atoms with van der Waals surface area (Å²) in [7, 11) is 0. The third kappa shape index (κ3) is 3.01. The van der Waals surface area contributed by atoms with Crippen LogP contribution in [0, 0.1) is 0 Å². The molecule has 0 spiro atoms. The number of amides is 1. The molecule has 2 fully saturated rings. The lowest BCUT2D eigenvalue weighted by Crippen LogP contribution is -2.79. The van der Waals surface area contributed by atoms with E-state index in [1.54, 1.807) is 16.7 Å². The van der Waals surface area contributed by atoms with Crippen LogP contribution in [-0.4, -0.2) is 57.4 Å². The van der Waals surface area contributed by atoms with E-state index in [-0.39, 0.29) is 6.09 Å². The fraction of sp³-hybridized carbons (Fsp3) is 0.923. The van der Waals surface area contributed by atoms with Gasteiger partial charge in [-0.3, -0.25) is 0 Å². The molecule has 2 heterocycles. The summed E-state index contributed by atoms with van der Waals surface area (Å²) in [5.74, 6) is 1.74. The average molecular weight is 288 g/mol. The van der Waals surface area contributed by atoms with Gasteiger partial charge in [0.2, 0.25) is 0 Å². The molecular formula is C13H24N2O3S. The summed E-state index contributed by atoms with van der Waals surface area (Å²) < 4.78 is 5.30. The van der Waals surface area contributed by atoms with Gasteiger partial charge in [0.05, 0.1) is 11.1 Å². The van der Waals surface area contributed by atoms with Gasteiger partial charge in [0, 0.05) is 18.8 Å². The van der Waals surface area contributed by atoms with Crippen molar-refractivity contribution in [3.8, 4) is 0 Å². The van der Waals surface area contributed by atoms with Crippen LogP contribution in [-0.2, 0) is 4.74 Å². The summed E-state index contributed by atoms with van der Waals surface area (Å²) in [5, 5.41) is 10.7. The number of carbonyl (C=O) groups is 1. The highest BCUT2D eigenvalue weighted by molar-refractivity contribution is 7.99. The molecule has 19 heavy (non-hydrogen) atoms. The molecule has 0 aromatic rings. The Hall–Kier alpha value is -0.460. The van der Waals surface area contributed by atoms with Gasteiger partial charge in [-0.25, -0.2) is 4.79 Å². The molecule has 1 unspecified atom stereocenters. The van der Waals surface area contributed by atoms with Crippen LogP contribution >= 0.6 is 11.8 Å². The van der Waals surface area contributed by atoms with Gasteiger partial charge in [-0.15, -0.1) is 0 Å². The number of likely N-dealkylation sites (tertiary alicyclic amines) is 1. The number of thioether (sulfide) groups is 1. The normalized spacial score (nSPS) is 30.7. The molecule has 2 aliphatic rings. The number of hydrogen-bond acceptors (Lipinski definition) is 5. The van der Waals surface area contributed by atoms with Crippen molar-refractivity contribution in [2.75, 3.05) is 24.6 Å². The van der Waals surface area contributed by atoms with Gasteiger partial charge in [0.25, 0.3) is 0 Å². The lowest BCUT2D eigenvalue weighted by atomic mass is 9.73. The SMILES string of the molecule is CC(C)(C)OC(=O)N1CC(N)(C2(O)CCCSC2)C1. The minimum absolute atomic E-state index is 0.347. The smallest absolute Gasteiger partial charge is 0.410 e. The molecule has 0 aromatic carbocycles. The second-order valence-corrected chi connectivity index (χ2v) is 7.79. The first kappa shape index (κ1) is 14.9. The van der Waals surface area contributed by atoms with Crippen LogP contribution in [0.1, 0.15) is 33.6 Å². The van der Waals surface area contributed by atoms with E-state index in [2.05, 4.69) is 0 Å². The molecule has 1 atom stereocenters. The van der Waals surface area contributed by atoms with E-state index < -0.39 is 16.7 Å². The molecule has 0 aromatic heterocycles. The second-order valence-electron chi connectivity index (χ2n) is 6.68. The van der Waals surface area contributed by atoms with Gasteiger partial charge in [0.1, 0.15) is 5.60 Å². The molecule has 6 heteroatoms. The molecule has 2 saturated heterocycles. The molecule has 110 valence electrons. The van der Waals surface area contributed by atoms with Crippen LogP contribution in [0.2, 0.25) is 0 Å². The molecule has 0 aliphatic carbocycles. The Morgan fingerprint density at radius 3 is 2.53 bits per heavy atom. The zero-order chi connectivity index (χ0) is 14.3. The Kier molecular flexibility index (Phi) is 3.79. The zero-order valence-corrected chi connectivity index (χ0v) is 12.8. The Morgan fingerprint density at radius 2 is 2.05 bits per heavy atom. The fourth-order valence-electron chi connectivity index (χ4n) is 2.56. The van der Waals surface area contributed by atoms with E-state index in [0.717, 1.165) is 18.6 Å². The van der Waals surface area contributed by atoms with Crippen LogP contribution in [0.25, 0.3) is 0 Å². The quantitative estimate of drug-likeness (QED) is 0.758. The number of rotatable bonds is 1. The lowest BCUT2D eigenvalue weighted by Gasteiger charge is -2.56. The minimum Gasteiger partial charge on any atom is -0.444 e. The van der Waals surface area contributed by atoms with Crippen LogP contribution in [0.15, 0.2) is 0 Å². The summed E-state index contributed by atoms with van der Waals surface area (Å²) in [6.45, 7) is 6.26. The second kappa shape index (κ2) is 4.82. The predicted octanol–water partition coefficient (Wildman–Crippen LogP) is 1.19. The van der Waals surface area contributed by atoms with Crippen LogP contribution in [0.3, 0.4) is 0 Å².